The first-order valence-electron chi connectivity index (χ1n) is 45.3. The van der Waals surface area contributed by atoms with E-state index in [1.54, 1.807) is 24.3 Å². The number of fused-ring (bicyclic) bond motifs is 8. The minimum absolute atomic E-state index is 0.0698. The van der Waals surface area contributed by atoms with E-state index < -0.39 is 11.6 Å². The van der Waals surface area contributed by atoms with Crippen LogP contribution < -0.4 is 42.1 Å². The van der Waals surface area contributed by atoms with E-state index in [-0.39, 0.29) is 52.3 Å². The van der Waals surface area contributed by atoms with E-state index in [0.29, 0.717) is 81.7 Å². The van der Waals surface area contributed by atoms with Crippen LogP contribution >= 0.6 is 34.0 Å². The second-order valence-electron chi connectivity index (χ2n) is 32.1. The summed E-state index contributed by atoms with van der Waals surface area (Å²) in [5.41, 5.74) is 20.9. The minimum Gasteiger partial charge on any atom is -0.478 e. The van der Waals surface area contributed by atoms with Gasteiger partial charge in [-0.15, -0.1) is 34.0 Å². The van der Waals surface area contributed by atoms with Crippen LogP contribution in [0.2, 0.25) is 0 Å². The van der Waals surface area contributed by atoms with Crippen molar-refractivity contribution in [1.82, 2.24) is 19.9 Å². The van der Waals surface area contributed by atoms with Gasteiger partial charge in [-0.2, -0.15) is 28.8 Å². The lowest BCUT2D eigenvalue weighted by Gasteiger charge is -2.21. The molecule has 1 N–H and O–H groups in total. The highest BCUT2D eigenvalue weighted by Crippen LogP contribution is 2.46. The second-order valence-corrected chi connectivity index (χ2v) is 35.2. The molecular formula is C112H96N8O17S3. The summed E-state index contributed by atoms with van der Waals surface area (Å²) in [5.74, 6) is -1.01. The third-order valence-electron chi connectivity index (χ3n) is 23.7. The standard InChI is InChI=1S/C28H24N2O5.3C27H24N2O2S.3CO2/c1-4-30(5-2)17-11-12-20-23(15-17)35-28(33)25(24(20)18-8-6-7-9-19(18)27(31)32)26-29-21-14-16(3)10-13-22(21)34-26;3*1-4-29(5-2)19-12-13-20-22(16-19)31-27(30)25(24(20)18-9-7-6-8-10-18)26-28-21-14-11-17(3)15-23(21)32-26;3*2-1-3/h6-15H,4-5H2,1-3H3,(H,31,32);3*6-16H,4-5H2,1-3H3;;;. The SMILES string of the molecule is CCN(CC)c1ccc2c(-c3ccccc3)c(-c3nc4ccc(C)cc4s3)c(=O)oc2c1.CCN(CC)c1ccc2c(-c3ccccc3)c(-c3nc4ccc(C)cc4s3)c(=O)oc2c1.CCN(CC)c1ccc2c(-c3ccccc3)c(-c3nc4ccc(C)cc4s3)c(=O)oc2c1.CCN(CC)c1ccc2c(-c3ccccc3C(=O)O)c(-c3nc4cc(C)ccc4o3)c(=O)oc2c1.O=C=O.O=C=O.O=C=O. The fraction of sp³-hybridized carbons (Fsp3) is 0.179. The zero-order chi connectivity index (χ0) is 99.5. The highest BCUT2D eigenvalue weighted by atomic mass is 32.1. The summed E-state index contributed by atoms with van der Waals surface area (Å²) in [5, 5.41) is 15.3. The number of anilines is 4. The molecule has 0 saturated heterocycles. The van der Waals surface area contributed by atoms with Crippen molar-refractivity contribution in [3.8, 4) is 87.7 Å². The molecule has 0 fully saturated rings. The number of aromatic carboxylic acids is 1. The summed E-state index contributed by atoms with van der Waals surface area (Å²) in [4.78, 5) is 142. The molecule has 704 valence electrons. The monoisotopic (exact) mass is 1920 g/mol. The summed E-state index contributed by atoms with van der Waals surface area (Å²) in [6, 6.07) is 84.8. The predicted octanol–water partition coefficient (Wildman–Crippen LogP) is 25.0. The second kappa shape index (κ2) is 45.4. The molecule has 20 rings (SSSR count). The number of benzene rings is 12. The molecule has 0 aliphatic rings. The normalized spacial score (nSPS) is 10.8. The average Bonchev–Trinajstić information content (AvgIpc) is 1.30. The van der Waals surface area contributed by atoms with Gasteiger partial charge in [0.25, 0.3) is 0 Å². The lowest BCUT2D eigenvalue weighted by Crippen LogP contribution is -2.21. The lowest BCUT2D eigenvalue weighted by atomic mass is 9.93. The number of hydrogen-bond donors (Lipinski definition) is 1. The van der Waals surface area contributed by atoms with E-state index >= 15 is 0 Å². The fourth-order valence-electron chi connectivity index (χ4n) is 17.1. The Morgan fingerprint density at radius 1 is 0.293 bits per heavy atom. The Morgan fingerprint density at radius 3 is 0.879 bits per heavy atom. The van der Waals surface area contributed by atoms with E-state index in [1.807, 2.05) is 183 Å². The van der Waals surface area contributed by atoms with Crippen molar-refractivity contribution in [2.75, 3.05) is 72.0 Å². The molecule has 20 aromatic rings. The van der Waals surface area contributed by atoms with Crippen LogP contribution in [0.1, 0.15) is 88.0 Å². The van der Waals surface area contributed by atoms with Gasteiger partial charge in [-0.05, 0) is 231 Å². The number of oxazole rings is 1. The van der Waals surface area contributed by atoms with Crippen molar-refractivity contribution in [3.05, 3.63) is 330 Å². The van der Waals surface area contributed by atoms with Crippen molar-refractivity contribution in [2.45, 2.75) is 83.1 Å². The van der Waals surface area contributed by atoms with E-state index in [1.165, 1.54) is 56.8 Å². The zero-order valence-corrected chi connectivity index (χ0v) is 81.2. The Labute approximate surface area is 815 Å². The first-order chi connectivity index (χ1) is 67.9. The average molecular weight is 1920 g/mol. The van der Waals surface area contributed by atoms with Gasteiger partial charge in [0.05, 0.1) is 36.2 Å². The molecule has 12 aromatic carbocycles. The molecule has 0 amide bonds. The number of carboxylic acid groups (broad SMARTS) is 1. The van der Waals surface area contributed by atoms with Gasteiger partial charge in [0.15, 0.2) is 5.58 Å². The number of hydrogen-bond acceptors (Lipinski definition) is 27. The van der Waals surface area contributed by atoms with E-state index in [2.05, 4.69) is 155 Å². The number of carbonyl (C=O) groups excluding carboxylic acids is 6. The van der Waals surface area contributed by atoms with Gasteiger partial charge in [0.1, 0.15) is 65.1 Å². The first-order valence-corrected chi connectivity index (χ1v) is 47.8. The molecule has 0 radical (unpaired) electrons. The van der Waals surface area contributed by atoms with Crippen LogP contribution in [0.4, 0.5) is 22.7 Å². The summed E-state index contributed by atoms with van der Waals surface area (Å²) in [6.45, 7) is 31.9. The van der Waals surface area contributed by atoms with E-state index in [9.17, 15) is 29.1 Å². The number of carboxylic acids is 1. The maximum absolute atomic E-state index is 13.4. The summed E-state index contributed by atoms with van der Waals surface area (Å²) in [6.07, 6.45) is 0.750. The number of carbonyl (C=O) groups is 1. The molecule has 25 nitrogen and oxygen atoms in total. The van der Waals surface area contributed by atoms with Crippen LogP contribution in [-0.2, 0) is 28.8 Å². The highest BCUT2D eigenvalue weighted by Gasteiger charge is 2.30. The molecule has 0 aliphatic heterocycles. The van der Waals surface area contributed by atoms with Gasteiger partial charge >= 0.3 is 46.9 Å². The largest absolute Gasteiger partial charge is 0.478 e. The summed E-state index contributed by atoms with van der Waals surface area (Å²) in [7, 11) is 0. The Morgan fingerprint density at radius 2 is 0.571 bits per heavy atom. The quantitative estimate of drug-likeness (QED) is 0.0653. The number of thiazole rings is 3. The van der Waals surface area contributed by atoms with Gasteiger partial charge in [0, 0.05) is 143 Å². The topological polar surface area (TPSA) is 338 Å². The van der Waals surface area contributed by atoms with E-state index in [4.69, 9.17) is 65.8 Å². The number of rotatable bonds is 21. The Bertz CT molecular complexity index is 7740. The van der Waals surface area contributed by atoms with Crippen molar-refractivity contribution in [2.24, 2.45) is 0 Å². The molecule has 140 heavy (non-hydrogen) atoms. The Kier molecular flexibility index (Phi) is 32.2. The third kappa shape index (κ3) is 21.5. The number of nitrogens with zero attached hydrogens (tertiary/aromatic N) is 8. The maximum atomic E-state index is 13.4. The molecule has 8 heterocycles. The van der Waals surface area contributed by atoms with Crippen LogP contribution in [0, 0.1) is 27.7 Å². The molecule has 0 atom stereocenters. The molecule has 8 aromatic heterocycles. The van der Waals surface area contributed by atoms with Crippen molar-refractivity contribution >= 4 is 167 Å². The fourth-order valence-corrected chi connectivity index (χ4v) is 20.4. The molecule has 0 unspecified atom stereocenters. The molecule has 0 saturated carbocycles. The minimum atomic E-state index is -1.10. The number of aryl methyl sites for hydroxylation is 4. The van der Waals surface area contributed by atoms with Gasteiger partial charge in [-0.3, -0.25) is 0 Å². The third-order valence-corrected chi connectivity index (χ3v) is 26.8. The van der Waals surface area contributed by atoms with Crippen molar-refractivity contribution in [3.63, 3.8) is 0 Å². The molecular weight excluding hydrogens is 1830 g/mol. The zero-order valence-electron chi connectivity index (χ0n) is 78.8. The summed E-state index contributed by atoms with van der Waals surface area (Å²) >= 11 is 4.60. The van der Waals surface area contributed by atoms with Crippen LogP contribution in [0.3, 0.4) is 0 Å². The van der Waals surface area contributed by atoms with Crippen LogP contribution in [-0.4, -0.2) is 102 Å². The van der Waals surface area contributed by atoms with Crippen LogP contribution in [0.25, 0.3) is 173 Å². The maximum Gasteiger partial charge on any atom is 0.373 e. The van der Waals surface area contributed by atoms with Crippen molar-refractivity contribution < 1.29 is 60.8 Å². The lowest BCUT2D eigenvalue weighted by molar-refractivity contribution is -0.193. The first kappa shape index (κ1) is 99.4. The van der Waals surface area contributed by atoms with Crippen LogP contribution in [0.15, 0.2) is 302 Å². The molecule has 0 bridgehead atoms. The van der Waals surface area contributed by atoms with Gasteiger partial charge in [-0.25, -0.2) is 43.9 Å². The van der Waals surface area contributed by atoms with E-state index in [0.717, 1.165) is 161 Å². The highest BCUT2D eigenvalue weighted by molar-refractivity contribution is 7.22. The van der Waals surface area contributed by atoms with Gasteiger partial charge in [0.2, 0.25) is 5.89 Å². The van der Waals surface area contributed by atoms with Gasteiger partial charge in [-0.1, -0.05) is 133 Å². The Balaban J connectivity index is 0.000000144. The van der Waals surface area contributed by atoms with Gasteiger partial charge < -0.3 is 46.8 Å². The molecule has 28 heteroatoms. The number of aromatic nitrogens is 4. The molecule has 0 aliphatic carbocycles. The molecule has 0 spiro atoms. The van der Waals surface area contributed by atoms with Crippen molar-refractivity contribution in [1.29, 1.82) is 0 Å². The predicted molar refractivity (Wildman–Crippen MR) is 556 cm³/mol. The van der Waals surface area contributed by atoms with Crippen LogP contribution in [0.5, 0.6) is 0 Å². The summed E-state index contributed by atoms with van der Waals surface area (Å²) < 4.78 is 32.6. The smallest absolute Gasteiger partial charge is 0.373 e. The Hall–Kier alpha value is -16.6.